The first-order chi connectivity index (χ1) is 8.67. The Hall–Kier alpha value is -1.53. The predicted octanol–water partition coefficient (Wildman–Crippen LogP) is 2.57. The third-order valence-electron chi connectivity index (χ3n) is 3.85. The van der Waals surface area contributed by atoms with Crippen LogP contribution in [0.25, 0.3) is 0 Å². The Labute approximate surface area is 109 Å². The van der Waals surface area contributed by atoms with E-state index in [1.54, 1.807) is 0 Å². The van der Waals surface area contributed by atoms with E-state index in [9.17, 15) is 5.26 Å². The third kappa shape index (κ3) is 2.34. The molecule has 2 N–H and O–H groups in total. The molecule has 18 heavy (non-hydrogen) atoms. The summed E-state index contributed by atoms with van der Waals surface area (Å²) >= 11 is 0. The third-order valence-corrected chi connectivity index (χ3v) is 3.85. The molecule has 1 fully saturated rings. The van der Waals surface area contributed by atoms with E-state index in [2.05, 4.69) is 30.9 Å². The van der Waals surface area contributed by atoms with E-state index < -0.39 is 0 Å². The van der Waals surface area contributed by atoms with Crippen molar-refractivity contribution in [2.24, 2.45) is 5.73 Å². The van der Waals surface area contributed by atoms with Gasteiger partial charge in [0.2, 0.25) is 0 Å². The first-order valence-electron chi connectivity index (χ1n) is 6.66. The van der Waals surface area contributed by atoms with Crippen LogP contribution >= 0.6 is 0 Å². The van der Waals surface area contributed by atoms with Gasteiger partial charge in [-0.15, -0.1) is 0 Å². The Balaban J connectivity index is 2.44. The van der Waals surface area contributed by atoms with Crippen LogP contribution < -0.4 is 10.6 Å². The first-order valence-corrected chi connectivity index (χ1v) is 6.66. The van der Waals surface area contributed by atoms with Crippen LogP contribution in [0.2, 0.25) is 0 Å². The zero-order valence-electron chi connectivity index (χ0n) is 11.2. The second-order valence-electron chi connectivity index (χ2n) is 5.21. The molecule has 96 valence electrons. The van der Waals surface area contributed by atoms with Crippen molar-refractivity contribution in [3.05, 3.63) is 29.3 Å². The lowest BCUT2D eigenvalue weighted by Crippen LogP contribution is -2.49. The van der Waals surface area contributed by atoms with E-state index in [-0.39, 0.29) is 0 Å². The van der Waals surface area contributed by atoms with Crippen LogP contribution in [-0.2, 0) is 0 Å². The van der Waals surface area contributed by atoms with E-state index in [0.29, 0.717) is 18.6 Å². The minimum absolute atomic E-state index is 0.364. The van der Waals surface area contributed by atoms with Crippen LogP contribution in [0.15, 0.2) is 18.2 Å². The Kier molecular flexibility index (Phi) is 3.88. The fourth-order valence-electron chi connectivity index (χ4n) is 2.90. The van der Waals surface area contributed by atoms with Gasteiger partial charge in [-0.1, -0.05) is 6.07 Å². The summed E-state index contributed by atoms with van der Waals surface area (Å²) in [4.78, 5) is 2.36. The number of benzene rings is 1. The fraction of sp³-hybridized carbons (Fsp3) is 0.533. The molecule has 1 aromatic carbocycles. The number of anilines is 1. The zero-order valence-corrected chi connectivity index (χ0v) is 11.2. The van der Waals surface area contributed by atoms with Crippen LogP contribution in [0, 0.1) is 18.3 Å². The lowest BCUT2D eigenvalue weighted by atomic mass is 9.94. The summed E-state index contributed by atoms with van der Waals surface area (Å²) in [6.07, 6.45) is 3.53. The van der Waals surface area contributed by atoms with Crippen molar-refractivity contribution < 1.29 is 0 Å². The van der Waals surface area contributed by atoms with E-state index in [4.69, 9.17) is 5.73 Å². The second kappa shape index (κ2) is 5.41. The maximum Gasteiger partial charge on any atom is 0.101 e. The number of aryl methyl sites for hydroxylation is 1. The van der Waals surface area contributed by atoms with Crippen molar-refractivity contribution in [2.75, 3.05) is 11.4 Å². The van der Waals surface area contributed by atoms with Crippen molar-refractivity contribution in [3.63, 3.8) is 0 Å². The number of nitriles is 1. The number of hydrogen-bond donors (Lipinski definition) is 1. The average molecular weight is 243 g/mol. The fourth-order valence-corrected chi connectivity index (χ4v) is 2.90. The maximum atomic E-state index is 9.28. The van der Waals surface area contributed by atoms with Gasteiger partial charge in [0.1, 0.15) is 6.07 Å². The van der Waals surface area contributed by atoms with E-state index in [0.717, 1.165) is 17.7 Å². The van der Waals surface area contributed by atoms with Gasteiger partial charge in [-0.2, -0.15) is 5.26 Å². The number of nitrogens with zero attached hydrogens (tertiary/aromatic N) is 2. The maximum absolute atomic E-state index is 9.28. The van der Waals surface area contributed by atoms with Crippen molar-refractivity contribution in [3.8, 4) is 6.07 Å². The van der Waals surface area contributed by atoms with Crippen LogP contribution in [-0.4, -0.2) is 18.6 Å². The molecule has 0 saturated carbocycles. The molecule has 1 saturated heterocycles. The number of hydrogen-bond acceptors (Lipinski definition) is 3. The largest absolute Gasteiger partial charge is 0.363 e. The SMILES string of the molecule is Cc1ccc(C#N)c(N2C(C)CCCC2CN)c1. The lowest BCUT2D eigenvalue weighted by molar-refractivity contribution is 0.400. The standard InChI is InChI=1S/C15H21N3/c1-11-6-7-13(9-16)15(8-11)18-12(2)4-3-5-14(18)10-17/h6-8,12,14H,3-5,10,17H2,1-2H3. The highest BCUT2D eigenvalue weighted by molar-refractivity contribution is 5.62. The topological polar surface area (TPSA) is 53.0 Å². The molecule has 1 aromatic rings. The number of rotatable bonds is 2. The minimum atomic E-state index is 0.364. The average Bonchev–Trinajstić information content (AvgIpc) is 2.38. The van der Waals surface area contributed by atoms with Gasteiger partial charge in [0.25, 0.3) is 0 Å². The monoisotopic (exact) mass is 243 g/mol. The van der Waals surface area contributed by atoms with Crippen LogP contribution in [0.3, 0.4) is 0 Å². The van der Waals surface area contributed by atoms with Crippen molar-refractivity contribution in [2.45, 2.75) is 45.2 Å². The van der Waals surface area contributed by atoms with Gasteiger partial charge in [-0.3, -0.25) is 0 Å². The van der Waals surface area contributed by atoms with Gasteiger partial charge >= 0.3 is 0 Å². The summed E-state index contributed by atoms with van der Waals surface area (Å²) in [5, 5.41) is 9.28. The summed E-state index contributed by atoms with van der Waals surface area (Å²) in [6.45, 7) is 4.95. The van der Waals surface area contributed by atoms with Gasteiger partial charge in [0.05, 0.1) is 11.3 Å². The Morgan fingerprint density at radius 2 is 2.22 bits per heavy atom. The zero-order chi connectivity index (χ0) is 13.1. The van der Waals surface area contributed by atoms with Crippen LogP contribution in [0.4, 0.5) is 5.69 Å². The summed E-state index contributed by atoms with van der Waals surface area (Å²) in [5.41, 5.74) is 8.90. The van der Waals surface area contributed by atoms with Gasteiger partial charge < -0.3 is 10.6 Å². The lowest BCUT2D eigenvalue weighted by Gasteiger charge is -2.42. The summed E-state index contributed by atoms with van der Waals surface area (Å²) in [5.74, 6) is 0. The van der Waals surface area contributed by atoms with Crippen molar-refractivity contribution in [1.29, 1.82) is 5.26 Å². The smallest absolute Gasteiger partial charge is 0.101 e. The molecule has 0 radical (unpaired) electrons. The quantitative estimate of drug-likeness (QED) is 0.868. The Morgan fingerprint density at radius 3 is 2.89 bits per heavy atom. The molecular weight excluding hydrogens is 222 g/mol. The van der Waals surface area contributed by atoms with E-state index in [1.807, 2.05) is 12.1 Å². The molecule has 1 aliphatic heterocycles. The molecule has 2 rings (SSSR count). The van der Waals surface area contributed by atoms with Crippen molar-refractivity contribution >= 4 is 5.69 Å². The van der Waals surface area contributed by atoms with E-state index >= 15 is 0 Å². The summed E-state index contributed by atoms with van der Waals surface area (Å²) in [6, 6.07) is 9.15. The van der Waals surface area contributed by atoms with Gasteiger partial charge in [-0.05, 0) is 50.8 Å². The highest BCUT2D eigenvalue weighted by Gasteiger charge is 2.28. The molecule has 0 spiro atoms. The molecule has 2 unspecified atom stereocenters. The Bertz CT molecular complexity index is 461. The van der Waals surface area contributed by atoms with Gasteiger partial charge in [-0.25, -0.2) is 0 Å². The molecule has 0 amide bonds. The molecule has 1 heterocycles. The second-order valence-corrected chi connectivity index (χ2v) is 5.21. The van der Waals surface area contributed by atoms with E-state index in [1.165, 1.54) is 18.4 Å². The van der Waals surface area contributed by atoms with Crippen LogP contribution in [0.1, 0.15) is 37.3 Å². The highest BCUT2D eigenvalue weighted by Crippen LogP contribution is 2.31. The number of piperidine rings is 1. The normalized spacial score (nSPS) is 23.8. The molecule has 2 atom stereocenters. The van der Waals surface area contributed by atoms with Gasteiger partial charge in [0.15, 0.2) is 0 Å². The molecular formula is C15H21N3. The molecule has 0 aliphatic carbocycles. The molecule has 3 heteroatoms. The predicted molar refractivity (Wildman–Crippen MR) is 74.5 cm³/mol. The number of nitrogens with two attached hydrogens (primary N) is 1. The van der Waals surface area contributed by atoms with Gasteiger partial charge in [0, 0.05) is 18.6 Å². The Morgan fingerprint density at radius 1 is 1.44 bits per heavy atom. The molecule has 3 nitrogen and oxygen atoms in total. The molecule has 0 aromatic heterocycles. The minimum Gasteiger partial charge on any atom is -0.363 e. The van der Waals surface area contributed by atoms with Crippen LogP contribution in [0.5, 0.6) is 0 Å². The molecule has 1 aliphatic rings. The highest BCUT2D eigenvalue weighted by atomic mass is 15.2. The summed E-state index contributed by atoms with van der Waals surface area (Å²) < 4.78 is 0. The molecule has 0 bridgehead atoms. The summed E-state index contributed by atoms with van der Waals surface area (Å²) in [7, 11) is 0. The first kappa shape index (κ1) is 12.9. The van der Waals surface area contributed by atoms with Crippen molar-refractivity contribution in [1.82, 2.24) is 0 Å².